The lowest BCUT2D eigenvalue weighted by molar-refractivity contribution is 0.0527. The number of ether oxygens (including phenoxy) is 1. The highest BCUT2D eigenvalue weighted by molar-refractivity contribution is 6.07. The predicted molar refractivity (Wildman–Crippen MR) is 139 cm³/mol. The van der Waals surface area contributed by atoms with Crippen molar-refractivity contribution in [3.05, 3.63) is 29.8 Å². The molecule has 35 heavy (non-hydrogen) atoms. The highest BCUT2D eigenvalue weighted by atomic mass is 16.6. The Morgan fingerprint density at radius 3 is 2.29 bits per heavy atom. The van der Waals surface area contributed by atoms with Crippen LogP contribution < -0.4 is 25.8 Å². The number of rotatable bonds is 11. The van der Waals surface area contributed by atoms with Crippen LogP contribution >= 0.6 is 0 Å². The van der Waals surface area contributed by atoms with Crippen LogP contribution in [0.3, 0.4) is 0 Å². The zero-order valence-corrected chi connectivity index (χ0v) is 21.8. The van der Waals surface area contributed by atoms with Gasteiger partial charge in [0.15, 0.2) is 11.6 Å². The summed E-state index contributed by atoms with van der Waals surface area (Å²) in [6.45, 7) is 6.75. The highest BCUT2D eigenvalue weighted by Gasteiger charge is 2.18. The molecule has 0 aromatic carbocycles. The number of hydrogen-bond donors (Lipinski definition) is 3. The number of carbonyl (C=O) groups is 2. The molecule has 0 radical (unpaired) electrons. The minimum atomic E-state index is -0.506. The van der Waals surface area contributed by atoms with Crippen LogP contribution in [0.4, 0.5) is 28.1 Å². The molecule has 3 N–H and O–H groups in total. The van der Waals surface area contributed by atoms with Crippen molar-refractivity contribution in [1.82, 2.24) is 20.5 Å². The summed E-state index contributed by atoms with van der Waals surface area (Å²) in [6, 6.07) is 7.00. The molecule has 2 heterocycles. The average Bonchev–Trinajstić information content (AvgIpc) is 2.79. The molecule has 2 aromatic rings. The van der Waals surface area contributed by atoms with Crippen LogP contribution in [-0.2, 0) is 4.74 Å². The van der Waals surface area contributed by atoms with E-state index in [1.165, 1.54) is 0 Å². The number of nitrogens with one attached hydrogen (secondary N) is 3. The number of carbonyl (C=O) groups excluding carboxylic acids is 2. The molecule has 0 spiro atoms. The molecule has 2 amide bonds. The van der Waals surface area contributed by atoms with Gasteiger partial charge < -0.3 is 30.5 Å². The van der Waals surface area contributed by atoms with Crippen molar-refractivity contribution in [3.8, 4) is 0 Å². The van der Waals surface area contributed by atoms with Gasteiger partial charge in [-0.3, -0.25) is 4.79 Å². The molecule has 0 atom stereocenters. The second-order valence-corrected chi connectivity index (χ2v) is 9.35. The summed E-state index contributed by atoms with van der Waals surface area (Å²) in [5.74, 6) is 1.99. The Morgan fingerprint density at radius 1 is 0.971 bits per heavy atom. The fourth-order valence-corrected chi connectivity index (χ4v) is 3.13. The molecule has 0 bridgehead atoms. The molecule has 0 fully saturated rings. The molecule has 11 heteroatoms. The number of nitrogens with zero attached hydrogens (tertiary/aromatic N) is 5. The highest BCUT2D eigenvalue weighted by Crippen LogP contribution is 2.22. The van der Waals surface area contributed by atoms with Crippen molar-refractivity contribution >= 4 is 35.3 Å². The molecule has 0 aliphatic carbocycles. The summed E-state index contributed by atoms with van der Waals surface area (Å²) < 4.78 is 5.24. The molecule has 0 saturated heterocycles. The van der Waals surface area contributed by atoms with Gasteiger partial charge in [0.25, 0.3) is 5.91 Å². The van der Waals surface area contributed by atoms with Gasteiger partial charge in [-0.15, -0.1) is 10.2 Å². The van der Waals surface area contributed by atoms with E-state index >= 15 is 0 Å². The summed E-state index contributed by atoms with van der Waals surface area (Å²) in [5.41, 5.74) is -0.0647. The minimum absolute atomic E-state index is 0.310. The maximum atomic E-state index is 13.0. The first-order valence-corrected chi connectivity index (χ1v) is 11.7. The van der Waals surface area contributed by atoms with Crippen LogP contribution in [0.5, 0.6) is 0 Å². The first-order chi connectivity index (χ1) is 16.5. The van der Waals surface area contributed by atoms with Gasteiger partial charge in [0.1, 0.15) is 17.2 Å². The third-order valence-corrected chi connectivity index (χ3v) is 4.93. The van der Waals surface area contributed by atoms with Crippen LogP contribution in [0, 0.1) is 0 Å². The number of anilines is 4. The van der Waals surface area contributed by atoms with E-state index in [0.29, 0.717) is 41.9 Å². The number of aromatic nitrogens is 3. The molecule has 11 nitrogen and oxygen atoms in total. The van der Waals surface area contributed by atoms with E-state index in [1.807, 2.05) is 51.7 Å². The van der Waals surface area contributed by atoms with Gasteiger partial charge in [0, 0.05) is 41.3 Å². The van der Waals surface area contributed by atoms with E-state index < -0.39 is 11.7 Å². The fourth-order valence-electron chi connectivity index (χ4n) is 3.13. The van der Waals surface area contributed by atoms with E-state index in [2.05, 4.69) is 31.1 Å². The van der Waals surface area contributed by atoms with E-state index in [1.54, 1.807) is 31.3 Å². The summed E-state index contributed by atoms with van der Waals surface area (Å²) in [4.78, 5) is 33.1. The zero-order valence-electron chi connectivity index (χ0n) is 21.8. The van der Waals surface area contributed by atoms with E-state index in [9.17, 15) is 9.59 Å². The number of pyridine rings is 1. The number of hydrogen-bond acceptors (Lipinski definition) is 9. The van der Waals surface area contributed by atoms with Crippen molar-refractivity contribution in [2.75, 3.05) is 61.7 Å². The topological polar surface area (TPSA) is 125 Å². The first-order valence-electron chi connectivity index (χ1n) is 11.7. The molecule has 2 aromatic heterocycles. The molecule has 0 aliphatic rings. The van der Waals surface area contributed by atoms with Crippen molar-refractivity contribution in [2.24, 2.45) is 0 Å². The zero-order chi connectivity index (χ0) is 26.0. The van der Waals surface area contributed by atoms with E-state index in [-0.39, 0.29) is 5.91 Å². The quantitative estimate of drug-likeness (QED) is 0.410. The number of unbranched alkanes of at least 4 members (excludes halogenated alkanes) is 2. The van der Waals surface area contributed by atoms with Crippen molar-refractivity contribution in [3.63, 3.8) is 0 Å². The third-order valence-electron chi connectivity index (χ3n) is 4.93. The Labute approximate surface area is 207 Å². The standard InChI is InChI=1S/C24H38N8O3/c1-24(2,3)35-23(34)26-15-9-8-10-16-32(7)21-17(11-12-18(25-4)27-21)22(33)28-19-13-14-20(30-29-19)31(5)6/h11-14H,8-10,15-16H2,1-7H3,(H,25,27)(H,26,34)(H,28,29,33). The average molecular weight is 487 g/mol. The van der Waals surface area contributed by atoms with Crippen LogP contribution in [0.2, 0.25) is 0 Å². The second-order valence-electron chi connectivity index (χ2n) is 9.35. The van der Waals surface area contributed by atoms with E-state index in [0.717, 1.165) is 19.3 Å². The predicted octanol–water partition coefficient (Wildman–Crippen LogP) is 3.36. The first kappa shape index (κ1) is 27.6. The lowest BCUT2D eigenvalue weighted by Crippen LogP contribution is -2.33. The summed E-state index contributed by atoms with van der Waals surface area (Å²) >= 11 is 0. The second kappa shape index (κ2) is 12.7. The van der Waals surface area contributed by atoms with Crippen LogP contribution in [0.25, 0.3) is 0 Å². The maximum absolute atomic E-state index is 13.0. The molecule has 0 aliphatic heterocycles. The smallest absolute Gasteiger partial charge is 0.407 e. The van der Waals surface area contributed by atoms with E-state index in [4.69, 9.17) is 4.74 Å². The minimum Gasteiger partial charge on any atom is -0.444 e. The van der Waals surface area contributed by atoms with Gasteiger partial charge >= 0.3 is 6.09 Å². The normalized spacial score (nSPS) is 10.9. The van der Waals surface area contributed by atoms with Gasteiger partial charge in [-0.2, -0.15) is 0 Å². The van der Waals surface area contributed by atoms with Gasteiger partial charge in [0.05, 0.1) is 5.56 Å². The molecule has 192 valence electrons. The summed E-state index contributed by atoms with van der Waals surface area (Å²) in [5, 5.41) is 16.8. The van der Waals surface area contributed by atoms with Crippen LogP contribution in [0.15, 0.2) is 24.3 Å². The number of amides is 2. The summed E-state index contributed by atoms with van der Waals surface area (Å²) in [7, 11) is 7.43. The Hall–Kier alpha value is -3.63. The molecular weight excluding hydrogens is 448 g/mol. The molecule has 0 saturated carbocycles. The Balaban J connectivity index is 1.94. The number of alkyl carbamates (subject to hydrolysis) is 1. The third kappa shape index (κ3) is 9.26. The maximum Gasteiger partial charge on any atom is 0.407 e. The molecular formula is C24H38N8O3. The van der Waals surface area contributed by atoms with Gasteiger partial charge in [-0.25, -0.2) is 9.78 Å². The van der Waals surface area contributed by atoms with Crippen LogP contribution in [0.1, 0.15) is 50.4 Å². The van der Waals surface area contributed by atoms with Crippen molar-refractivity contribution in [2.45, 2.75) is 45.6 Å². The SMILES string of the molecule is CNc1ccc(C(=O)Nc2ccc(N(C)C)nn2)c(N(C)CCCCCNC(=O)OC(C)(C)C)n1. The molecule has 0 unspecified atom stereocenters. The van der Waals surface area contributed by atoms with Gasteiger partial charge in [-0.05, 0) is 64.3 Å². The monoisotopic (exact) mass is 486 g/mol. The largest absolute Gasteiger partial charge is 0.444 e. The van der Waals surface area contributed by atoms with Crippen molar-refractivity contribution < 1.29 is 14.3 Å². The lowest BCUT2D eigenvalue weighted by atomic mass is 10.2. The molecule has 2 rings (SSSR count). The Bertz CT molecular complexity index is 974. The Morgan fingerprint density at radius 2 is 1.69 bits per heavy atom. The van der Waals surface area contributed by atoms with Gasteiger partial charge in [-0.1, -0.05) is 0 Å². The Kier molecular flexibility index (Phi) is 10.0. The van der Waals surface area contributed by atoms with Crippen LogP contribution in [-0.4, -0.2) is 74.1 Å². The van der Waals surface area contributed by atoms with Gasteiger partial charge in [0.2, 0.25) is 0 Å². The fraction of sp³-hybridized carbons (Fsp3) is 0.542. The van der Waals surface area contributed by atoms with Crippen molar-refractivity contribution in [1.29, 1.82) is 0 Å². The lowest BCUT2D eigenvalue weighted by Gasteiger charge is -2.22. The summed E-state index contributed by atoms with van der Waals surface area (Å²) in [6.07, 6.45) is 2.20.